The average Bonchev–Trinajstić information content (AvgIpc) is 2.85. The van der Waals surface area contributed by atoms with Gasteiger partial charge in [0, 0.05) is 22.2 Å². The molecule has 0 unspecified atom stereocenters. The summed E-state index contributed by atoms with van der Waals surface area (Å²) in [7, 11) is 0. The summed E-state index contributed by atoms with van der Waals surface area (Å²) in [4.78, 5) is 34.8. The Labute approximate surface area is 149 Å². The Hall–Kier alpha value is -3.20. The number of rotatable bonds is 3. The highest BCUT2D eigenvalue weighted by Crippen LogP contribution is 2.28. The molecule has 2 amide bonds. The highest BCUT2D eigenvalue weighted by Gasteiger charge is 2.34. The molecule has 1 heterocycles. The number of hydrazine groups is 1. The van der Waals surface area contributed by atoms with E-state index in [1.54, 1.807) is 24.3 Å². The van der Waals surface area contributed by atoms with Crippen LogP contribution in [0.3, 0.4) is 0 Å². The highest BCUT2D eigenvalue weighted by atomic mass is 79.9. The fraction of sp³-hybridized carbons (Fsp3) is 0. The fourth-order valence-electron chi connectivity index (χ4n) is 2.26. The lowest BCUT2D eigenvalue weighted by Crippen LogP contribution is -2.35. The SMILES string of the molecule is O=C1NN(c2ccc(Br)cc2)C(=O)/C1=C\c1cc([N+](=O)[O-])ccc1O. The second-order valence-corrected chi connectivity index (χ2v) is 6.03. The van der Waals surface area contributed by atoms with Crippen molar-refractivity contribution < 1.29 is 19.6 Å². The first kappa shape index (κ1) is 16.7. The van der Waals surface area contributed by atoms with Gasteiger partial charge in [0.25, 0.3) is 17.5 Å². The lowest BCUT2D eigenvalue weighted by molar-refractivity contribution is -0.384. The van der Waals surface area contributed by atoms with Crippen LogP contribution in [0.4, 0.5) is 11.4 Å². The van der Waals surface area contributed by atoms with Crippen molar-refractivity contribution in [2.75, 3.05) is 5.01 Å². The van der Waals surface area contributed by atoms with Crippen molar-refractivity contribution in [3.63, 3.8) is 0 Å². The van der Waals surface area contributed by atoms with E-state index < -0.39 is 16.7 Å². The lowest BCUT2D eigenvalue weighted by atomic mass is 10.1. The maximum Gasteiger partial charge on any atom is 0.282 e. The van der Waals surface area contributed by atoms with Gasteiger partial charge < -0.3 is 5.11 Å². The van der Waals surface area contributed by atoms with E-state index in [9.17, 15) is 24.8 Å². The Kier molecular flexibility index (Phi) is 4.24. The molecule has 126 valence electrons. The third kappa shape index (κ3) is 3.22. The van der Waals surface area contributed by atoms with Gasteiger partial charge in [-0.1, -0.05) is 15.9 Å². The molecule has 9 heteroatoms. The van der Waals surface area contributed by atoms with Crippen molar-refractivity contribution in [2.45, 2.75) is 0 Å². The first-order valence-electron chi connectivity index (χ1n) is 6.97. The predicted octanol–water partition coefficient (Wildman–Crippen LogP) is 2.52. The third-order valence-electron chi connectivity index (χ3n) is 3.50. The standard InChI is InChI=1S/C16H10BrN3O5/c17-10-1-3-11(4-2-10)19-16(23)13(15(22)18-19)8-9-7-12(20(24)25)5-6-14(9)21/h1-8,21H,(H,18,22)/b13-8-. The second-order valence-electron chi connectivity index (χ2n) is 5.12. The number of carbonyl (C=O) groups is 2. The van der Waals surface area contributed by atoms with Gasteiger partial charge in [-0.25, -0.2) is 5.01 Å². The van der Waals surface area contributed by atoms with Crippen LogP contribution < -0.4 is 10.4 Å². The van der Waals surface area contributed by atoms with E-state index in [0.29, 0.717) is 5.69 Å². The molecule has 1 aliphatic rings. The number of non-ortho nitro benzene ring substituents is 1. The smallest absolute Gasteiger partial charge is 0.282 e. The van der Waals surface area contributed by atoms with Gasteiger partial charge in [-0.15, -0.1) is 0 Å². The topological polar surface area (TPSA) is 113 Å². The number of hydrogen-bond acceptors (Lipinski definition) is 5. The van der Waals surface area contributed by atoms with Gasteiger partial charge in [0.2, 0.25) is 0 Å². The van der Waals surface area contributed by atoms with E-state index in [-0.39, 0.29) is 22.6 Å². The zero-order valence-electron chi connectivity index (χ0n) is 12.5. The van der Waals surface area contributed by atoms with Crippen molar-refractivity contribution in [3.05, 3.63) is 68.2 Å². The Morgan fingerprint density at radius 1 is 1.16 bits per heavy atom. The molecule has 0 saturated carbocycles. The number of carbonyl (C=O) groups excluding carboxylic acids is 2. The van der Waals surface area contributed by atoms with Crippen molar-refractivity contribution in [3.8, 4) is 5.75 Å². The summed E-state index contributed by atoms with van der Waals surface area (Å²) < 4.78 is 0.812. The zero-order valence-corrected chi connectivity index (χ0v) is 14.1. The normalized spacial score (nSPS) is 15.6. The minimum Gasteiger partial charge on any atom is -0.507 e. The summed E-state index contributed by atoms with van der Waals surface area (Å²) in [5.41, 5.74) is 2.37. The Bertz CT molecular complexity index is 924. The minimum atomic E-state index is -0.668. The number of nitro benzene ring substituents is 1. The Balaban J connectivity index is 1.98. The molecule has 0 aliphatic carbocycles. The molecule has 25 heavy (non-hydrogen) atoms. The number of phenols is 1. The second kappa shape index (κ2) is 6.36. The van der Waals surface area contributed by atoms with Crippen LogP contribution in [0.15, 0.2) is 52.5 Å². The number of hydrogen-bond donors (Lipinski definition) is 2. The van der Waals surface area contributed by atoms with Gasteiger partial charge in [-0.2, -0.15) is 0 Å². The van der Waals surface area contributed by atoms with Crippen LogP contribution in [0.25, 0.3) is 6.08 Å². The van der Waals surface area contributed by atoms with Gasteiger partial charge in [0.15, 0.2) is 0 Å². The van der Waals surface area contributed by atoms with Gasteiger partial charge in [0.1, 0.15) is 11.3 Å². The van der Waals surface area contributed by atoms with E-state index >= 15 is 0 Å². The molecule has 8 nitrogen and oxygen atoms in total. The van der Waals surface area contributed by atoms with Crippen molar-refractivity contribution >= 4 is 45.2 Å². The molecule has 3 rings (SSSR count). The summed E-state index contributed by atoms with van der Waals surface area (Å²) in [6.45, 7) is 0. The molecule has 0 spiro atoms. The molecule has 1 fully saturated rings. The summed E-state index contributed by atoms with van der Waals surface area (Å²) in [6, 6.07) is 10.0. The van der Waals surface area contributed by atoms with Crippen LogP contribution in [-0.2, 0) is 9.59 Å². The van der Waals surface area contributed by atoms with Crippen LogP contribution in [0.2, 0.25) is 0 Å². The zero-order chi connectivity index (χ0) is 18.1. The maximum atomic E-state index is 12.5. The molecule has 0 radical (unpaired) electrons. The molecule has 1 aliphatic heterocycles. The molecule has 1 saturated heterocycles. The van der Waals surface area contributed by atoms with E-state index in [0.717, 1.165) is 33.8 Å². The monoisotopic (exact) mass is 403 g/mol. The van der Waals surface area contributed by atoms with E-state index in [2.05, 4.69) is 21.4 Å². The first-order chi connectivity index (χ1) is 11.9. The van der Waals surface area contributed by atoms with Crippen LogP contribution in [0.5, 0.6) is 5.75 Å². The highest BCUT2D eigenvalue weighted by molar-refractivity contribution is 9.10. The van der Waals surface area contributed by atoms with Gasteiger partial charge >= 0.3 is 0 Å². The number of nitro groups is 1. The number of anilines is 1. The summed E-state index contributed by atoms with van der Waals surface area (Å²) in [6.07, 6.45) is 1.12. The van der Waals surface area contributed by atoms with Crippen molar-refractivity contribution in [1.29, 1.82) is 0 Å². The van der Waals surface area contributed by atoms with Crippen LogP contribution in [0.1, 0.15) is 5.56 Å². The summed E-state index contributed by atoms with van der Waals surface area (Å²) >= 11 is 3.28. The number of amides is 2. The number of nitrogens with zero attached hydrogens (tertiary/aromatic N) is 2. The lowest BCUT2D eigenvalue weighted by Gasteiger charge is -2.14. The van der Waals surface area contributed by atoms with Gasteiger partial charge in [-0.05, 0) is 36.4 Å². The Morgan fingerprint density at radius 3 is 2.48 bits per heavy atom. The molecule has 2 N–H and O–H groups in total. The number of phenolic OH excluding ortho intramolecular Hbond substituents is 1. The largest absolute Gasteiger partial charge is 0.507 e. The van der Waals surface area contributed by atoms with Crippen molar-refractivity contribution in [2.24, 2.45) is 0 Å². The number of aromatic hydroxyl groups is 1. The molecule has 2 aromatic carbocycles. The van der Waals surface area contributed by atoms with Gasteiger partial charge in [-0.3, -0.25) is 25.1 Å². The first-order valence-corrected chi connectivity index (χ1v) is 7.76. The van der Waals surface area contributed by atoms with Crippen LogP contribution in [0, 0.1) is 10.1 Å². The summed E-state index contributed by atoms with van der Waals surface area (Å²) in [5, 5.41) is 21.7. The molecule has 0 aromatic heterocycles. The summed E-state index contributed by atoms with van der Waals surface area (Å²) in [5.74, 6) is -1.57. The molecule has 2 aromatic rings. The van der Waals surface area contributed by atoms with Crippen LogP contribution >= 0.6 is 15.9 Å². The number of nitrogens with one attached hydrogen (secondary N) is 1. The Morgan fingerprint density at radius 2 is 1.84 bits per heavy atom. The molecular formula is C16H10BrN3O5. The average molecular weight is 404 g/mol. The van der Waals surface area contributed by atoms with Gasteiger partial charge in [0.05, 0.1) is 10.6 Å². The van der Waals surface area contributed by atoms with E-state index in [1.165, 1.54) is 0 Å². The fourth-order valence-corrected chi connectivity index (χ4v) is 2.52. The predicted molar refractivity (Wildman–Crippen MR) is 92.5 cm³/mol. The number of benzene rings is 2. The molecule has 0 bridgehead atoms. The molecular weight excluding hydrogens is 394 g/mol. The minimum absolute atomic E-state index is 0.00496. The quantitative estimate of drug-likeness (QED) is 0.353. The van der Waals surface area contributed by atoms with E-state index in [4.69, 9.17) is 0 Å². The third-order valence-corrected chi connectivity index (χ3v) is 4.03. The van der Waals surface area contributed by atoms with Crippen LogP contribution in [-0.4, -0.2) is 21.8 Å². The number of halogens is 1. The maximum absolute atomic E-state index is 12.5. The van der Waals surface area contributed by atoms with E-state index in [1.807, 2.05) is 0 Å². The molecule has 0 atom stereocenters. The van der Waals surface area contributed by atoms with Crippen molar-refractivity contribution in [1.82, 2.24) is 5.43 Å².